The third-order valence-corrected chi connectivity index (χ3v) is 7.42. The van der Waals surface area contributed by atoms with Crippen molar-refractivity contribution in [2.75, 3.05) is 19.8 Å². The van der Waals surface area contributed by atoms with Crippen LogP contribution in [-0.4, -0.2) is 75.7 Å². The Hall–Kier alpha value is -0.0900. The van der Waals surface area contributed by atoms with Gasteiger partial charge in [-0.15, -0.1) is 0 Å². The van der Waals surface area contributed by atoms with E-state index in [4.69, 9.17) is 13.8 Å². The van der Waals surface area contributed by atoms with Crippen LogP contribution < -0.4 is 0 Å². The number of unbranched alkanes of at least 4 members (excludes halogenated alkanes) is 13. The van der Waals surface area contributed by atoms with Crippen molar-refractivity contribution in [3.63, 3.8) is 0 Å². The zero-order valence-corrected chi connectivity index (χ0v) is 21.8. The Balaban J connectivity index is 1.99. The van der Waals surface area contributed by atoms with E-state index in [-0.39, 0.29) is 19.6 Å². The molecule has 1 heterocycles. The first-order valence-corrected chi connectivity index (χ1v) is 14.7. The summed E-state index contributed by atoms with van der Waals surface area (Å²) in [4.78, 5) is 9.78. The lowest BCUT2D eigenvalue weighted by molar-refractivity contribution is -0.231. The summed E-state index contributed by atoms with van der Waals surface area (Å²) in [5, 5.41) is 38.7. The molecule has 0 aromatic rings. The highest BCUT2D eigenvalue weighted by molar-refractivity contribution is 7.47. The van der Waals surface area contributed by atoms with E-state index in [1.54, 1.807) is 0 Å². The highest BCUT2D eigenvalue weighted by atomic mass is 31.2. The van der Waals surface area contributed by atoms with E-state index in [1.807, 2.05) is 0 Å². The summed E-state index contributed by atoms with van der Waals surface area (Å²) in [6.45, 7) is 1.61. The predicted molar refractivity (Wildman–Crippen MR) is 130 cm³/mol. The molecule has 0 radical (unpaired) electrons. The van der Waals surface area contributed by atoms with Crippen LogP contribution in [0.2, 0.25) is 0 Å². The lowest BCUT2D eigenvalue weighted by Crippen LogP contribution is -2.58. The fourth-order valence-corrected chi connectivity index (χ4v) is 4.99. The molecule has 0 amide bonds. The van der Waals surface area contributed by atoms with E-state index in [1.165, 1.54) is 70.6 Å². The molecule has 0 aromatic carbocycles. The van der Waals surface area contributed by atoms with Gasteiger partial charge in [0.05, 0.1) is 25.9 Å². The van der Waals surface area contributed by atoms with Crippen molar-refractivity contribution < 1.29 is 43.7 Å². The topological polar surface area (TPSA) is 146 Å². The Labute approximate surface area is 205 Å². The van der Waals surface area contributed by atoms with Crippen molar-refractivity contribution in [1.29, 1.82) is 0 Å². The third kappa shape index (κ3) is 13.9. The first-order valence-electron chi connectivity index (χ1n) is 13.2. The minimum atomic E-state index is -4.21. The molecule has 1 aliphatic heterocycles. The highest BCUT2D eigenvalue weighted by Gasteiger charge is 2.43. The average Bonchev–Trinajstić information content (AvgIpc) is 2.81. The Kier molecular flexibility index (Phi) is 17.9. The van der Waals surface area contributed by atoms with Crippen LogP contribution in [0.3, 0.4) is 0 Å². The van der Waals surface area contributed by atoms with Gasteiger partial charge in [-0.1, -0.05) is 90.4 Å². The number of aliphatic hydroxyl groups is 4. The molecule has 0 bridgehead atoms. The van der Waals surface area contributed by atoms with Gasteiger partial charge in [-0.25, -0.2) is 4.57 Å². The number of rotatable bonds is 21. The van der Waals surface area contributed by atoms with E-state index in [9.17, 15) is 29.9 Å². The molecule has 0 aliphatic carbocycles. The molecule has 0 aromatic heterocycles. The van der Waals surface area contributed by atoms with Gasteiger partial charge in [-0.2, -0.15) is 0 Å². The Bertz CT molecular complexity index is 535. The second-order valence-electron chi connectivity index (χ2n) is 9.39. The molecule has 0 spiro atoms. The summed E-state index contributed by atoms with van der Waals surface area (Å²) < 4.78 is 27.2. The maximum atomic E-state index is 12.0. The van der Waals surface area contributed by atoms with Gasteiger partial charge in [-0.05, 0) is 6.42 Å². The molecule has 34 heavy (non-hydrogen) atoms. The summed E-state index contributed by atoms with van der Waals surface area (Å²) in [7, 11) is -4.21. The second kappa shape index (κ2) is 19.1. The number of ether oxygens (including phenoxy) is 1. The van der Waals surface area contributed by atoms with Gasteiger partial charge < -0.3 is 30.1 Å². The van der Waals surface area contributed by atoms with Gasteiger partial charge in [0.1, 0.15) is 24.4 Å². The first-order chi connectivity index (χ1) is 16.3. The maximum Gasteiger partial charge on any atom is 0.472 e. The quantitative estimate of drug-likeness (QED) is 0.114. The smallest absolute Gasteiger partial charge is 0.394 e. The molecular formula is C24H49O9P. The number of hydrogen-bond donors (Lipinski definition) is 5. The lowest BCUT2D eigenvalue weighted by atomic mass is 9.94. The fourth-order valence-electron chi connectivity index (χ4n) is 4.22. The number of hydrogen-bond acceptors (Lipinski definition) is 8. The van der Waals surface area contributed by atoms with E-state index in [0.29, 0.717) is 6.42 Å². The van der Waals surface area contributed by atoms with Crippen molar-refractivity contribution in [3.8, 4) is 0 Å². The van der Waals surface area contributed by atoms with Crippen molar-refractivity contribution >= 4 is 7.82 Å². The molecule has 5 N–H and O–H groups in total. The Morgan fingerprint density at radius 1 is 0.676 bits per heavy atom. The molecule has 1 aliphatic rings. The number of phosphoric acid groups is 1. The van der Waals surface area contributed by atoms with E-state index in [2.05, 4.69) is 6.92 Å². The Morgan fingerprint density at radius 2 is 1.12 bits per heavy atom. The zero-order chi connectivity index (χ0) is 25.2. The molecule has 0 saturated carbocycles. The molecule has 1 saturated heterocycles. The van der Waals surface area contributed by atoms with Crippen molar-refractivity contribution in [1.82, 2.24) is 0 Å². The van der Waals surface area contributed by atoms with E-state index < -0.39 is 44.9 Å². The van der Waals surface area contributed by atoms with Crippen molar-refractivity contribution in [2.45, 2.75) is 134 Å². The largest absolute Gasteiger partial charge is 0.472 e. The zero-order valence-electron chi connectivity index (χ0n) is 20.9. The van der Waals surface area contributed by atoms with Gasteiger partial charge in [0.15, 0.2) is 0 Å². The van der Waals surface area contributed by atoms with Crippen LogP contribution in [0.4, 0.5) is 0 Å². The average molecular weight is 513 g/mol. The van der Waals surface area contributed by atoms with E-state index >= 15 is 0 Å². The summed E-state index contributed by atoms with van der Waals surface area (Å²) in [6.07, 6.45) is 10.9. The van der Waals surface area contributed by atoms with Crippen LogP contribution in [-0.2, 0) is 18.3 Å². The van der Waals surface area contributed by atoms with E-state index in [0.717, 1.165) is 12.8 Å². The molecule has 204 valence electrons. The summed E-state index contributed by atoms with van der Waals surface area (Å²) >= 11 is 0. The second-order valence-corrected chi connectivity index (χ2v) is 10.8. The standard InChI is InChI=1S/C24H49O9P/c1-2-3-4-5-6-7-8-9-10-11-12-13-14-15-17-31-34(29,30)32-18-16-20-22(26)24(28)23(27)21(19-25)33-20/h20-28H,2-19H2,1H3,(H,29,30)/t20-,21-,22+,23-,24-/m1/s1. The van der Waals surface area contributed by atoms with Crippen LogP contribution in [0, 0.1) is 0 Å². The monoisotopic (exact) mass is 512 g/mol. The van der Waals surface area contributed by atoms with Gasteiger partial charge in [0, 0.05) is 6.42 Å². The van der Waals surface area contributed by atoms with Crippen LogP contribution in [0.15, 0.2) is 0 Å². The Morgan fingerprint density at radius 3 is 1.62 bits per heavy atom. The molecule has 10 heteroatoms. The van der Waals surface area contributed by atoms with Gasteiger partial charge in [-0.3, -0.25) is 9.05 Å². The van der Waals surface area contributed by atoms with Crippen LogP contribution in [0.25, 0.3) is 0 Å². The maximum absolute atomic E-state index is 12.0. The third-order valence-electron chi connectivity index (χ3n) is 6.40. The van der Waals surface area contributed by atoms with Gasteiger partial charge in [0.2, 0.25) is 0 Å². The summed E-state index contributed by atoms with van der Waals surface area (Å²) in [5.74, 6) is 0. The minimum Gasteiger partial charge on any atom is -0.394 e. The van der Waals surface area contributed by atoms with Crippen molar-refractivity contribution in [2.24, 2.45) is 0 Å². The molecule has 1 rings (SSSR count). The van der Waals surface area contributed by atoms with Gasteiger partial charge in [0.25, 0.3) is 0 Å². The number of phosphoric ester groups is 1. The van der Waals surface area contributed by atoms with Gasteiger partial charge >= 0.3 is 7.82 Å². The molecule has 6 atom stereocenters. The molecular weight excluding hydrogens is 463 g/mol. The first kappa shape index (κ1) is 31.9. The minimum absolute atomic E-state index is 0.00574. The molecule has 1 fully saturated rings. The van der Waals surface area contributed by atoms with Crippen molar-refractivity contribution in [3.05, 3.63) is 0 Å². The summed E-state index contributed by atoms with van der Waals surface area (Å²) in [6, 6.07) is 0. The van der Waals surface area contributed by atoms with Crippen LogP contribution in [0.5, 0.6) is 0 Å². The highest BCUT2D eigenvalue weighted by Crippen LogP contribution is 2.43. The predicted octanol–water partition coefficient (Wildman–Crippen LogP) is 3.83. The molecule has 9 nitrogen and oxygen atoms in total. The number of aliphatic hydroxyl groups excluding tert-OH is 4. The molecule has 1 unspecified atom stereocenters. The van der Waals surface area contributed by atoms with Crippen LogP contribution in [0.1, 0.15) is 103 Å². The SMILES string of the molecule is CCCCCCCCCCCCCCCCOP(=O)(O)OCC[C@H]1O[C@H](CO)[C@@H](O)[C@H](O)[C@H]1O. The summed E-state index contributed by atoms with van der Waals surface area (Å²) in [5.41, 5.74) is 0. The van der Waals surface area contributed by atoms with Crippen LogP contribution >= 0.6 is 7.82 Å². The normalized spacial score (nSPS) is 27.1. The fraction of sp³-hybridized carbons (Fsp3) is 1.00. The lowest BCUT2D eigenvalue weighted by Gasteiger charge is -2.40.